The van der Waals surface area contributed by atoms with Gasteiger partial charge in [-0.15, -0.1) is 0 Å². The molecule has 3 aliphatic rings. The summed E-state index contributed by atoms with van der Waals surface area (Å²) in [7, 11) is 2.15. The molecule has 25 heavy (non-hydrogen) atoms. The van der Waals surface area contributed by atoms with Gasteiger partial charge in [0, 0.05) is 67.9 Å². The van der Waals surface area contributed by atoms with Gasteiger partial charge in [0.1, 0.15) is 0 Å². The van der Waals surface area contributed by atoms with Crippen molar-refractivity contribution in [3.63, 3.8) is 0 Å². The molecule has 0 radical (unpaired) electrons. The smallest absolute Gasteiger partial charge is 0.249 e. The fourth-order valence-corrected chi connectivity index (χ4v) is 5.01. The van der Waals surface area contributed by atoms with Crippen LogP contribution < -0.4 is 10.2 Å². The summed E-state index contributed by atoms with van der Waals surface area (Å²) in [6, 6.07) is 6.43. The van der Waals surface area contributed by atoms with Crippen LogP contribution in [-0.2, 0) is 6.54 Å². The van der Waals surface area contributed by atoms with E-state index in [4.69, 9.17) is 11.6 Å². The van der Waals surface area contributed by atoms with Crippen LogP contribution in [0.1, 0.15) is 31.2 Å². The molecule has 6 heteroatoms. The largest absolute Gasteiger partial charge is 0.369 e. The van der Waals surface area contributed by atoms with Gasteiger partial charge in [-0.05, 0) is 37.4 Å². The molecule has 138 valence electrons. The van der Waals surface area contributed by atoms with Crippen LogP contribution >= 0.6 is 11.6 Å². The number of hydrogen-bond donors (Lipinski definition) is 1. The molecular formula is C19H26ClF2N3. The van der Waals surface area contributed by atoms with Crippen molar-refractivity contribution in [3.05, 3.63) is 28.8 Å². The summed E-state index contributed by atoms with van der Waals surface area (Å²) in [5, 5.41) is 4.33. The van der Waals surface area contributed by atoms with E-state index in [0.29, 0.717) is 12.6 Å². The second kappa shape index (κ2) is 6.36. The number of halogens is 3. The Bertz CT molecular complexity index is 628. The van der Waals surface area contributed by atoms with Gasteiger partial charge in [-0.2, -0.15) is 0 Å². The van der Waals surface area contributed by atoms with Gasteiger partial charge in [0.05, 0.1) is 0 Å². The van der Waals surface area contributed by atoms with Gasteiger partial charge < -0.3 is 15.1 Å². The molecule has 0 bridgehead atoms. The maximum Gasteiger partial charge on any atom is 0.249 e. The zero-order valence-electron chi connectivity index (χ0n) is 14.7. The van der Waals surface area contributed by atoms with Crippen molar-refractivity contribution in [2.45, 2.75) is 44.2 Å². The van der Waals surface area contributed by atoms with Crippen molar-refractivity contribution in [1.29, 1.82) is 0 Å². The normalized spacial score (nSPS) is 25.7. The van der Waals surface area contributed by atoms with Gasteiger partial charge in [-0.3, -0.25) is 0 Å². The van der Waals surface area contributed by atoms with Gasteiger partial charge in [-0.1, -0.05) is 17.7 Å². The number of piperazine rings is 1. The SMILES string of the molecule is CN1CCN(c2cccc(Cl)c2CNC2CC3(C2)CC(F)(F)C3)CC1. The van der Waals surface area contributed by atoms with Crippen molar-refractivity contribution < 1.29 is 8.78 Å². The highest BCUT2D eigenvalue weighted by molar-refractivity contribution is 6.31. The molecule has 4 rings (SSSR count). The maximum absolute atomic E-state index is 13.1. The Labute approximate surface area is 153 Å². The number of anilines is 1. The van der Waals surface area contributed by atoms with Crippen molar-refractivity contribution in [2.24, 2.45) is 5.41 Å². The molecule has 0 amide bonds. The zero-order chi connectivity index (χ0) is 17.7. The Hall–Kier alpha value is -0.910. The molecule has 0 unspecified atom stereocenters. The molecule has 1 heterocycles. The lowest BCUT2D eigenvalue weighted by molar-refractivity contribution is -0.198. The average molecular weight is 370 g/mol. The first-order valence-electron chi connectivity index (χ1n) is 9.18. The first kappa shape index (κ1) is 17.5. The van der Waals surface area contributed by atoms with Crippen LogP contribution in [0.2, 0.25) is 5.02 Å². The topological polar surface area (TPSA) is 18.5 Å². The van der Waals surface area contributed by atoms with Crippen molar-refractivity contribution in [3.8, 4) is 0 Å². The lowest BCUT2D eigenvalue weighted by atomic mass is 9.52. The molecule has 2 saturated carbocycles. The quantitative estimate of drug-likeness (QED) is 0.871. The van der Waals surface area contributed by atoms with E-state index in [0.717, 1.165) is 49.6 Å². The first-order valence-corrected chi connectivity index (χ1v) is 9.56. The minimum atomic E-state index is -2.41. The molecule has 1 aromatic carbocycles. The van der Waals surface area contributed by atoms with Gasteiger partial charge in [0.15, 0.2) is 0 Å². The number of likely N-dealkylation sites (N-methyl/N-ethyl adjacent to an activating group) is 1. The maximum atomic E-state index is 13.1. The number of hydrogen-bond acceptors (Lipinski definition) is 3. The molecule has 3 nitrogen and oxygen atoms in total. The predicted molar refractivity (Wildman–Crippen MR) is 97.6 cm³/mol. The van der Waals surface area contributed by atoms with Crippen LogP contribution in [-0.4, -0.2) is 50.1 Å². The highest BCUT2D eigenvalue weighted by Gasteiger charge is 2.61. The molecule has 0 aromatic heterocycles. The van der Waals surface area contributed by atoms with Crippen molar-refractivity contribution >= 4 is 17.3 Å². The van der Waals surface area contributed by atoms with E-state index < -0.39 is 5.92 Å². The number of alkyl halides is 2. The Kier molecular flexibility index (Phi) is 4.45. The molecule has 2 aliphatic carbocycles. The van der Waals surface area contributed by atoms with Crippen molar-refractivity contribution in [2.75, 3.05) is 38.1 Å². The average Bonchev–Trinajstić information content (AvgIpc) is 2.50. The number of nitrogens with one attached hydrogen (secondary N) is 1. The molecule has 3 fully saturated rings. The molecule has 1 aromatic rings. The van der Waals surface area contributed by atoms with Gasteiger partial charge >= 0.3 is 0 Å². The zero-order valence-corrected chi connectivity index (χ0v) is 15.5. The second-order valence-electron chi connectivity index (χ2n) is 8.22. The van der Waals surface area contributed by atoms with E-state index in [1.807, 2.05) is 12.1 Å². The van der Waals surface area contributed by atoms with E-state index in [1.165, 1.54) is 5.69 Å². The standard InChI is InChI=1S/C19H26ClF2N3/c1-24-5-7-25(8-6-24)17-4-2-3-16(20)15(17)11-23-14-9-18(10-14)12-19(21,22)13-18/h2-4,14,23H,5-13H2,1H3. The molecular weight excluding hydrogens is 344 g/mol. The Morgan fingerprint density at radius 1 is 1.16 bits per heavy atom. The fraction of sp³-hybridized carbons (Fsp3) is 0.684. The third kappa shape index (κ3) is 3.51. The fourth-order valence-electron chi connectivity index (χ4n) is 4.78. The summed E-state index contributed by atoms with van der Waals surface area (Å²) in [4.78, 5) is 4.73. The van der Waals surface area contributed by atoms with Crippen LogP contribution in [0.25, 0.3) is 0 Å². The van der Waals surface area contributed by atoms with Gasteiger partial charge in [0.2, 0.25) is 5.92 Å². The van der Waals surface area contributed by atoms with Crippen LogP contribution in [0.15, 0.2) is 18.2 Å². The van der Waals surface area contributed by atoms with Crippen LogP contribution in [0, 0.1) is 5.41 Å². The molecule has 1 spiro atoms. The van der Waals surface area contributed by atoms with E-state index in [1.54, 1.807) is 0 Å². The number of rotatable bonds is 4. The lowest BCUT2D eigenvalue weighted by Crippen LogP contribution is -2.59. The minimum Gasteiger partial charge on any atom is -0.369 e. The van der Waals surface area contributed by atoms with Gasteiger partial charge in [-0.25, -0.2) is 8.78 Å². The molecule has 1 N–H and O–H groups in total. The third-order valence-corrected chi connectivity index (χ3v) is 6.49. The van der Waals surface area contributed by atoms with E-state index in [-0.39, 0.29) is 18.3 Å². The Morgan fingerprint density at radius 2 is 1.84 bits per heavy atom. The Balaban J connectivity index is 1.36. The molecule has 1 aliphatic heterocycles. The summed E-state index contributed by atoms with van der Waals surface area (Å²) in [6.45, 7) is 4.83. The first-order chi connectivity index (χ1) is 11.9. The summed E-state index contributed by atoms with van der Waals surface area (Å²) in [5.41, 5.74) is 2.26. The van der Waals surface area contributed by atoms with Crippen LogP contribution in [0.5, 0.6) is 0 Å². The minimum absolute atomic E-state index is 0.0802. The second-order valence-corrected chi connectivity index (χ2v) is 8.63. The summed E-state index contributed by atoms with van der Waals surface area (Å²) in [6.07, 6.45) is 1.90. The summed E-state index contributed by atoms with van der Waals surface area (Å²) >= 11 is 6.48. The lowest BCUT2D eigenvalue weighted by Gasteiger charge is -2.57. The van der Waals surface area contributed by atoms with E-state index >= 15 is 0 Å². The number of benzene rings is 1. The van der Waals surface area contributed by atoms with Crippen molar-refractivity contribution in [1.82, 2.24) is 10.2 Å². The monoisotopic (exact) mass is 369 g/mol. The highest BCUT2D eigenvalue weighted by Crippen LogP contribution is 2.62. The molecule has 0 atom stereocenters. The van der Waals surface area contributed by atoms with E-state index in [2.05, 4.69) is 28.2 Å². The molecule has 1 saturated heterocycles. The Morgan fingerprint density at radius 3 is 2.48 bits per heavy atom. The van der Waals surface area contributed by atoms with E-state index in [9.17, 15) is 8.78 Å². The van der Waals surface area contributed by atoms with Crippen LogP contribution in [0.3, 0.4) is 0 Å². The summed E-state index contributed by atoms with van der Waals surface area (Å²) < 4.78 is 26.2. The third-order valence-electron chi connectivity index (χ3n) is 6.13. The van der Waals surface area contributed by atoms with Crippen LogP contribution in [0.4, 0.5) is 14.5 Å². The highest BCUT2D eigenvalue weighted by atomic mass is 35.5. The summed E-state index contributed by atoms with van der Waals surface area (Å²) in [5.74, 6) is -2.41. The number of nitrogens with zero attached hydrogens (tertiary/aromatic N) is 2. The van der Waals surface area contributed by atoms with Gasteiger partial charge in [0.25, 0.3) is 0 Å². The predicted octanol–water partition coefficient (Wildman–Crippen LogP) is 3.76.